The van der Waals surface area contributed by atoms with Crippen molar-refractivity contribution in [2.75, 3.05) is 32.2 Å². The van der Waals surface area contributed by atoms with Crippen LogP contribution >= 0.6 is 11.6 Å². The van der Waals surface area contributed by atoms with Crippen molar-refractivity contribution in [1.29, 1.82) is 0 Å². The number of halogens is 1. The molecule has 0 amide bonds. The number of likely N-dealkylation sites (N-methyl/N-ethyl adjacent to an activating group) is 1. The maximum atomic E-state index is 9.66. The molecule has 1 N–H and O–H groups in total. The summed E-state index contributed by atoms with van der Waals surface area (Å²) in [7, 11) is 3.27. The van der Waals surface area contributed by atoms with Gasteiger partial charge < -0.3 is 19.5 Å². The summed E-state index contributed by atoms with van der Waals surface area (Å²) in [5.41, 5.74) is 0. The lowest BCUT2D eigenvalue weighted by molar-refractivity contribution is 0.0693. The standard InChI is InChI=1S/C11H19ClN4O3/c1-7(2)19-11-14-9(12)13-10(15-11)16(3)5-8(17)6-18-4/h7-8,17H,5-6H2,1-4H3. The first-order valence-electron chi connectivity index (χ1n) is 5.88. The van der Waals surface area contributed by atoms with Crippen molar-refractivity contribution in [2.45, 2.75) is 26.1 Å². The van der Waals surface area contributed by atoms with E-state index in [2.05, 4.69) is 15.0 Å². The smallest absolute Gasteiger partial charge is 0.322 e. The molecule has 19 heavy (non-hydrogen) atoms. The van der Waals surface area contributed by atoms with Crippen molar-refractivity contribution in [3.63, 3.8) is 0 Å². The van der Waals surface area contributed by atoms with Crippen molar-refractivity contribution in [3.8, 4) is 6.01 Å². The zero-order valence-electron chi connectivity index (χ0n) is 11.5. The molecule has 0 radical (unpaired) electrons. The highest BCUT2D eigenvalue weighted by Gasteiger charge is 2.14. The monoisotopic (exact) mass is 290 g/mol. The zero-order chi connectivity index (χ0) is 14.4. The summed E-state index contributed by atoms with van der Waals surface area (Å²) < 4.78 is 10.2. The van der Waals surface area contributed by atoms with Gasteiger partial charge in [-0.2, -0.15) is 15.0 Å². The molecule has 0 aromatic carbocycles. The maximum absolute atomic E-state index is 9.66. The Bertz CT molecular complexity index is 406. The van der Waals surface area contributed by atoms with E-state index in [4.69, 9.17) is 21.1 Å². The van der Waals surface area contributed by atoms with Gasteiger partial charge in [0, 0.05) is 20.7 Å². The molecule has 1 aromatic heterocycles. The van der Waals surface area contributed by atoms with Gasteiger partial charge in [-0.3, -0.25) is 0 Å². The van der Waals surface area contributed by atoms with Crippen LogP contribution in [0, 0.1) is 0 Å². The predicted molar refractivity (Wildman–Crippen MR) is 71.8 cm³/mol. The van der Waals surface area contributed by atoms with Crippen LogP contribution in [0.4, 0.5) is 5.95 Å². The zero-order valence-corrected chi connectivity index (χ0v) is 12.3. The summed E-state index contributed by atoms with van der Waals surface area (Å²) >= 11 is 5.82. The maximum Gasteiger partial charge on any atom is 0.322 e. The molecule has 0 aliphatic carbocycles. The minimum absolute atomic E-state index is 0.0498. The second kappa shape index (κ2) is 7.42. The minimum Gasteiger partial charge on any atom is -0.461 e. The molecular weight excluding hydrogens is 272 g/mol. The first-order valence-corrected chi connectivity index (χ1v) is 6.26. The summed E-state index contributed by atoms with van der Waals surface area (Å²) in [6, 6.07) is 0.165. The van der Waals surface area contributed by atoms with Crippen LogP contribution in [0.15, 0.2) is 0 Å². The molecule has 108 valence electrons. The molecule has 8 heteroatoms. The molecule has 1 unspecified atom stereocenters. The number of methoxy groups -OCH3 is 1. The van der Waals surface area contributed by atoms with Crippen LogP contribution in [-0.2, 0) is 4.74 Å². The van der Waals surface area contributed by atoms with E-state index in [0.29, 0.717) is 12.5 Å². The fraction of sp³-hybridized carbons (Fsp3) is 0.727. The van der Waals surface area contributed by atoms with Gasteiger partial charge in [0.15, 0.2) is 0 Å². The second-order valence-electron chi connectivity index (χ2n) is 4.34. The lowest BCUT2D eigenvalue weighted by atomic mass is 10.3. The van der Waals surface area contributed by atoms with Gasteiger partial charge >= 0.3 is 6.01 Å². The fourth-order valence-electron chi connectivity index (χ4n) is 1.40. The van der Waals surface area contributed by atoms with Gasteiger partial charge in [-0.05, 0) is 25.4 Å². The number of nitrogens with zero attached hydrogens (tertiary/aromatic N) is 4. The largest absolute Gasteiger partial charge is 0.461 e. The van der Waals surface area contributed by atoms with Crippen molar-refractivity contribution in [1.82, 2.24) is 15.0 Å². The van der Waals surface area contributed by atoms with Crippen LogP contribution in [0.3, 0.4) is 0 Å². The van der Waals surface area contributed by atoms with Crippen LogP contribution in [-0.4, -0.2) is 59.6 Å². The van der Waals surface area contributed by atoms with Crippen LogP contribution in [0.1, 0.15) is 13.8 Å². The Morgan fingerprint density at radius 2 is 2.00 bits per heavy atom. The Balaban J connectivity index is 2.78. The molecule has 1 atom stereocenters. The Kier molecular flexibility index (Phi) is 6.20. The van der Waals surface area contributed by atoms with Crippen LogP contribution < -0.4 is 9.64 Å². The highest BCUT2D eigenvalue weighted by atomic mass is 35.5. The summed E-state index contributed by atoms with van der Waals surface area (Å²) in [6.45, 7) is 4.28. The average Bonchev–Trinajstić information content (AvgIpc) is 2.27. The molecule has 0 fully saturated rings. The van der Waals surface area contributed by atoms with Crippen molar-refractivity contribution >= 4 is 17.5 Å². The van der Waals surface area contributed by atoms with Gasteiger partial charge in [0.2, 0.25) is 11.2 Å². The number of aliphatic hydroxyl groups excluding tert-OH is 1. The van der Waals surface area contributed by atoms with E-state index in [-0.39, 0.29) is 24.0 Å². The van der Waals surface area contributed by atoms with Crippen molar-refractivity contribution < 1.29 is 14.6 Å². The minimum atomic E-state index is -0.639. The molecule has 1 aromatic rings. The molecule has 0 saturated carbocycles. The molecule has 0 aliphatic rings. The third-order valence-electron chi connectivity index (χ3n) is 2.10. The average molecular weight is 291 g/mol. The molecule has 0 saturated heterocycles. The third-order valence-corrected chi connectivity index (χ3v) is 2.27. The van der Waals surface area contributed by atoms with Gasteiger partial charge in [-0.1, -0.05) is 0 Å². The van der Waals surface area contributed by atoms with Gasteiger partial charge in [0.1, 0.15) is 0 Å². The number of ether oxygens (including phenoxy) is 2. The van der Waals surface area contributed by atoms with Gasteiger partial charge in [0.25, 0.3) is 0 Å². The van der Waals surface area contributed by atoms with Gasteiger partial charge in [-0.25, -0.2) is 0 Å². The number of hydrogen-bond donors (Lipinski definition) is 1. The number of aliphatic hydroxyl groups is 1. The van der Waals surface area contributed by atoms with Gasteiger partial charge in [-0.15, -0.1) is 0 Å². The van der Waals surface area contributed by atoms with E-state index < -0.39 is 6.10 Å². The van der Waals surface area contributed by atoms with E-state index in [1.807, 2.05) is 13.8 Å². The Morgan fingerprint density at radius 3 is 2.58 bits per heavy atom. The first kappa shape index (κ1) is 15.9. The molecule has 1 heterocycles. The van der Waals surface area contributed by atoms with E-state index in [1.165, 1.54) is 7.11 Å². The van der Waals surface area contributed by atoms with Gasteiger partial charge in [0.05, 0.1) is 18.8 Å². The summed E-state index contributed by atoms with van der Waals surface area (Å²) in [5.74, 6) is 0.339. The molecule has 7 nitrogen and oxygen atoms in total. The van der Waals surface area contributed by atoms with E-state index in [0.717, 1.165) is 0 Å². The highest BCUT2D eigenvalue weighted by molar-refractivity contribution is 6.28. The molecule has 0 bridgehead atoms. The lowest BCUT2D eigenvalue weighted by Crippen LogP contribution is -2.33. The molecular formula is C11H19ClN4O3. The van der Waals surface area contributed by atoms with E-state index >= 15 is 0 Å². The Labute approximate surface area is 117 Å². The molecule has 0 aliphatic heterocycles. The topological polar surface area (TPSA) is 80.6 Å². The first-order chi connectivity index (χ1) is 8.92. The summed E-state index contributed by atoms with van der Waals surface area (Å²) in [6.07, 6.45) is -0.698. The molecule has 1 rings (SSSR count). The van der Waals surface area contributed by atoms with Crippen molar-refractivity contribution in [2.24, 2.45) is 0 Å². The fourth-order valence-corrected chi connectivity index (χ4v) is 1.55. The number of hydrogen-bond acceptors (Lipinski definition) is 7. The lowest BCUT2D eigenvalue weighted by Gasteiger charge is -2.20. The number of anilines is 1. The van der Waals surface area contributed by atoms with E-state index in [9.17, 15) is 5.11 Å². The predicted octanol–water partition coefficient (Wildman–Crippen LogP) is 0.756. The summed E-state index contributed by atoms with van der Waals surface area (Å²) in [5, 5.41) is 9.71. The Hall–Kier alpha value is -1.18. The molecule has 0 spiro atoms. The van der Waals surface area contributed by atoms with Crippen molar-refractivity contribution in [3.05, 3.63) is 5.28 Å². The number of rotatable bonds is 7. The van der Waals surface area contributed by atoms with Crippen LogP contribution in [0.5, 0.6) is 6.01 Å². The SMILES string of the molecule is COCC(O)CN(C)c1nc(Cl)nc(OC(C)C)n1. The summed E-state index contributed by atoms with van der Waals surface area (Å²) in [4.78, 5) is 13.7. The highest BCUT2D eigenvalue weighted by Crippen LogP contribution is 2.15. The van der Waals surface area contributed by atoms with E-state index in [1.54, 1.807) is 11.9 Å². The third kappa shape index (κ3) is 5.54. The van der Waals surface area contributed by atoms with Crippen LogP contribution in [0.25, 0.3) is 0 Å². The van der Waals surface area contributed by atoms with Crippen LogP contribution in [0.2, 0.25) is 5.28 Å². The second-order valence-corrected chi connectivity index (χ2v) is 4.68. The quantitative estimate of drug-likeness (QED) is 0.794. The number of aromatic nitrogens is 3. The Morgan fingerprint density at radius 1 is 1.32 bits per heavy atom. The normalized spacial score (nSPS) is 12.6.